The molecule has 0 atom stereocenters. The van der Waals surface area contributed by atoms with Crippen molar-refractivity contribution >= 4 is 17.4 Å². The minimum absolute atomic E-state index is 0.197. The smallest absolute Gasteiger partial charge is 0.434 e. The Morgan fingerprint density at radius 2 is 1.86 bits per heavy atom. The first-order valence-electron chi connectivity index (χ1n) is 13.6. The van der Waals surface area contributed by atoms with Gasteiger partial charge in [0.15, 0.2) is 17.3 Å². The van der Waals surface area contributed by atoms with Crippen LogP contribution >= 0.6 is 0 Å². The molecule has 4 aromatic rings. The Morgan fingerprint density at radius 3 is 2.48 bits per heavy atom. The van der Waals surface area contributed by atoms with Gasteiger partial charge in [0.05, 0.1) is 19.0 Å². The van der Waals surface area contributed by atoms with Gasteiger partial charge in [-0.2, -0.15) is 13.2 Å². The van der Waals surface area contributed by atoms with Crippen molar-refractivity contribution in [2.45, 2.75) is 64.7 Å². The van der Waals surface area contributed by atoms with Crippen LogP contribution in [-0.2, 0) is 17.5 Å². The molecule has 10 nitrogen and oxygen atoms in total. The number of rotatable bonds is 10. The normalized spacial score (nSPS) is 13.3. The van der Waals surface area contributed by atoms with Gasteiger partial charge in [0.1, 0.15) is 23.4 Å². The van der Waals surface area contributed by atoms with Crippen LogP contribution < -0.4 is 15.4 Å². The van der Waals surface area contributed by atoms with E-state index in [1.807, 2.05) is 0 Å². The van der Waals surface area contributed by atoms with E-state index in [0.717, 1.165) is 30.3 Å². The molecule has 1 aliphatic carbocycles. The number of nitrogens with one attached hydrogen (secondary N) is 2. The molecular weight excluding hydrogens is 549 g/mol. The number of carbonyl (C=O) groups excluding carboxylic acids is 1. The molecule has 1 aliphatic rings. The van der Waals surface area contributed by atoms with E-state index in [1.54, 1.807) is 45.0 Å². The van der Waals surface area contributed by atoms with Gasteiger partial charge in [-0.3, -0.25) is 4.79 Å². The molecule has 2 N–H and O–H groups in total. The fourth-order valence-corrected chi connectivity index (χ4v) is 4.48. The Balaban J connectivity index is 1.43. The van der Waals surface area contributed by atoms with Crippen LogP contribution in [0.2, 0.25) is 0 Å². The Kier molecular flexibility index (Phi) is 8.10. The molecule has 0 aliphatic heterocycles. The number of imidazole rings is 1. The van der Waals surface area contributed by atoms with E-state index in [0.29, 0.717) is 40.9 Å². The predicted molar refractivity (Wildman–Crippen MR) is 151 cm³/mol. The van der Waals surface area contributed by atoms with E-state index in [9.17, 15) is 18.0 Å². The predicted octanol–water partition coefficient (Wildman–Crippen LogP) is 6.24. The maximum Gasteiger partial charge on any atom is 0.434 e. The Bertz CT molecular complexity index is 1580. The molecule has 3 aromatic heterocycles. The average Bonchev–Trinajstić information content (AvgIpc) is 3.72. The number of hydrogen-bond acceptors (Lipinski definition) is 8. The lowest BCUT2D eigenvalue weighted by molar-refractivity contribution is -0.140. The number of anilines is 2. The van der Waals surface area contributed by atoms with Crippen LogP contribution in [0.4, 0.5) is 24.7 Å². The molecule has 0 spiro atoms. The topological polar surface area (TPSA) is 120 Å². The van der Waals surface area contributed by atoms with Gasteiger partial charge < -0.3 is 19.9 Å². The number of benzene rings is 1. The molecule has 0 unspecified atom stereocenters. The van der Waals surface area contributed by atoms with Crippen LogP contribution in [0.1, 0.15) is 68.9 Å². The van der Waals surface area contributed by atoms with Crippen LogP contribution in [0.3, 0.4) is 0 Å². The van der Waals surface area contributed by atoms with E-state index < -0.39 is 11.9 Å². The molecule has 3 heterocycles. The minimum atomic E-state index is -4.53. The summed E-state index contributed by atoms with van der Waals surface area (Å²) < 4.78 is 47.0. The summed E-state index contributed by atoms with van der Waals surface area (Å²) in [5, 5.41) is 6.09. The Labute approximate surface area is 240 Å². The molecule has 220 valence electrons. The summed E-state index contributed by atoms with van der Waals surface area (Å²) in [6.45, 7) is 5.67. The quantitative estimate of drug-likeness (QED) is 0.226. The zero-order valence-corrected chi connectivity index (χ0v) is 23.7. The number of amides is 1. The van der Waals surface area contributed by atoms with E-state index in [-0.39, 0.29) is 30.1 Å². The summed E-state index contributed by atoms with van der Waals surface area (Å²) in [4.78, 5) is 34.0. The fraction of sp³-hybridized carbons (Fsp3) is 0.379. The van der Waals surface area contributed by atoms with Gasteiger partial charge in [-0.15, -0.1) is 0 Å². The first-order valence-corrected chi connectivity index (χ1v) is 13.6. The van der Waals surface area contributed by atoms with Crippen molar-refractivity contribution < 1.29 is 22.7 Å². The van der Waals surface area contributed by atoms with Crippen LogP contribution in [0.5, 0.6) is 5.88 Å². The lowest BCUT2D eigenvalue weighted by Crippen LogP contribution is -2.14. The minimum Gasteiger partial charge on any atom is -0.480 e. The molecule has 5 rings (SSSR count). The van der Waals surface area contributed by atoms with Crippen molar-refractivity contribution in [3.8, 4) is 28.7 Å². The lowest BCUT2D eigenvalue weighted by Gasteiger charge is -2.15. The second-order valence-electron chi connectivity index (χ2n) is 10.3. The van der Waals surface area contributed by atoms with Crippen molar-refractivity contribution in [1.82, 2.24) is 29.5 Å². The van der Waals surface area contributed by atoms with Gasteiger partial charge in [-0.25, -0.2) is 24.9 Å². The molecular formula is C29H31F3N8O2. The third-order valence-electron chi connectivity index (χ3n) is 6.86. The largest absolute Gasteiger partial charge is 0.480 e. The number of methoxy groups -OCH3 is 1. The highest BCUT2D eigenvalue weighted by molar-refractivity contribution is 5.93. The molecule has 1 fully saturated rings. The summed E-state index contributed by atoms with van der Waals surface area (Å²) >= 11 is 0. The van der Waals surface area contributed by atoms with Crippen molar-refractivity contribution in [2.75, 3.05) is 17.7 Å². The maximum absolute atomic E-state index is 13.3. The number of carbonyl (C=O) groups is 1. The van der Waals surface area contributed by atoms with Gasteiger partial charge in [-0.05, 0) is 32.3 Å². The fourth-order valence-electron chi connectivity index (χ4n) is 4.48. The van der Waals surface area contributed by atoms with Gasteiger partial charge in [-0.1, -0.05) is 31.2 Å². The van der Waals surface area contributed by atoms with Crippen molar-refractivity contribution in [2.24, 2.45) is 0 Å². The summed E-state index contributed by atoms with van der Waals surface area (Å²) in [5.41, 5.74) is 2.31. The highest BCUT2D eigenvalue weighted by atomic mass is 19.4. The second-order valence-corrected chi connectivity index (χ2v) is 10.3. The number of alkyl halides is 3. The summed E-state index contributed by atoms with van der Waals surface area (Å²) in [5.74, 6) is 1.45. The van der Waals surface area contributed by atoms with Gasteiger partial charge in [0.2, 0.25) is 11.8 Å². The zero-order chi connectivity index (χ0) is 30.0. The standard InChI is InChI=1S/C29H31F3N8O2/c1-5-22(41)37-20-13-34-26(23-24(18-10-11-18)35-15-36-28(23)42-4)39-25(20)33-12-17-6-8-19(9-7-17)27-38-21(29(30,31)32)14-40(27)16(2)3/h6-9,13-16,18H,5,10-12H2,1-4H3,(H,37,41)(H,33,34,39). The molecule has 42 heavy (non-hydrogen) atoms. The third kappa shape index (κ3) is 6.19. The molecule has 0 bridgehead atoms. The van der Waals surface area contributed by atoms with E-state index in [4.69, 9.17) is 9.72 Å². The lowest BCUT2D eigenvalue weighted by atomic mass is 10.1. The average molecular weight is 581 g/mol. The first-order chi connectivity index (χ1) is 20.1. The van der Waals surface area contributed by atoms with Crippen molar-refractivity contribution in [3.63, 3.8) is 0 Å². The third-order valence-corrected chi connectivity index (χ3v) is 6.86. The molecule has 0 saturated heterocycles. The second kappa shape index (κ2) is 11.7. The molecule has 0 radical (unpaired) electrons. The molecule has 1 aromatic carbocycles. The van der Waals surface area contributed by atoms with Gasteiger partial charge in [0, 0.05) is 36.7 Å². The van der Waals surface area contributed by atoms with Crippen LogP contribution in [0, 0.1) is 0 Å². The number of ether oxygens (including phenoxy) is 1. The highest BCUT2D eigenvalue weighted by Crippen LogP contribution is 2.45. The van der Waals surface area contributed by atoms with E-state index in [2.05, 4.69) is 30.6 Å². The summed E-state index contributed by atoms with van der Waals surface area (Å²) in [6, 6.07) is 6.87. The van der Waals surface area contributed by atoms with E-state index >= 15 is 0 Å². The van der Waals surface area contributed by atoms with Crippen molar-refractivity contribution in [3.05, 3.63) is 59.9 Å². The summed E-state index contributed by atoms with van der Waals surface area (Å²) in [7, 11) is 1.53. The van der Waals surface area contributed by atoms with Crippen LogP contribution in [0.25, 0.3) is 22.8 Å². The van der Waals surface area contributed by atoms with E-state index in [1.165, 1.54) is 24.2 Å². The SMILES string of the molecule is CCC(=O)Nc1cnc(-c2c(OC)ncnc2C2CC2)nc1NCc1ccc(-c2nc(C(F)(F)F)cn2C(C)C)cc1. The maximum atomic E-state index is 13.3. The first kappa shape index (κ1) is 29.0. The summed E-state index contributed by atoms with van der Waals surface area (Å²) in [6.07, 6.45) is 1.80. The number of halogens is 3. The van der Waals surface area contributed by atoms with Crippen LogP contribution in [0.15, 0.2) is 43.0 Å². The Hall–Kier alpha value is -4.55. The molecule has 1 amide bonds. The Morgan fingerprint density at radius 1 is 1.12 bits per heavy atom. The van der Waals surface area contributed by atoms with Crippen LogP contribution in [-0.4, -0.2) is 42.5 Å². The number of aromatic nitrogens is 6. The molecule has 13 heteroatoms. The van der Waals surface area contributed by atoms with Crippen molar-refractivity contribution in [1.29, 1.82) is 0 Å². The van der Waals surface area contributed by atoms with Gasteiger partial charge in [0.25, 0.3) is 0 Å². The monoisotopic (exact) mass is 580 g/mol. The molecule has 1 saturated carbocycles. The number of hydrogen-bond donors (Lipinski definition) is 2. The number of nitrogens with zero attached hydrogens (tertiary/aromatic N) is 6. The van der Waals surface area contributed by atoms with Gasteiger partial charge >= 0.3 is 6.18 Å². The highest BCUT2D eigenvalue weighted by Gasteiger charge is 2.35. The zero-order valence-electron chi connectivity index (χ0n) is 23.7.